The van der Waals surface area contributed by atoms with Crippen molar-refractivity contribution in [2.24, 2.45) is 0 Å². The average molecular weight is 293 g/mol. The van der Waals surface area contributed by atoms with Gasteiger partial charge in [-0.3, -0.25) is 0 Å². The van der Waals surface area contributed by atoms with E-state index in [0.29, 0.717) is 11.3 Å². The fraction of sp³-hybridized carbons (Fsp3) is 0.0556. The topological polar surface area (TPSA) is 65.5 Å². The summed E-state index contributed by atoms with van der Waals surface area (Å²) in [6.45, 7) is 0. The van der Waals surface area contributed by atoms with Crippen molar-refractivity contribution in [1.29, 1.82) is 0 Å². The van der Waals surface area contributed by atoms with Crippen molar-refractivity contribution in [3.63, 3.8) is 0 Å². The smallest absolute Gasteiger partial charge is 0.336 e. The second-order valence-corrected chi connectivity index (χ2v) is 4.85. The second kappa shape index (κ2) is 5.77. The van der Waals surface area contributed by atoms with Gasteiger partial charge in [0.2, 0.25) is 0 Å². The molecule has 22 heavy (non-hydrogen) atoms. The normalized spacial score (nSPS) is 11.1. The molecule has 2 aromatic carbocycles. The summed E-state index contributed by atoms with van der Waals surface area (Å²) >= 11 is 0. The van der Waals surface area contributed by atoms with Crippen LogP contribution >= 0.6 is 0 Å². The molecule has 0 saturated carbocycles. The van der Waals surface area contributed by atoms with Crippen molar-refractivity contribution in [1.82, 2.24) is 0 Å². The van der Waals surface area contributed by atoms with Crippen molar-refractivity contribution >= 4 is 28.8 Å². The number of nitrogen functional groups attached to an aromatic ring is 1. The van der Waals surface area contributed by atoms with Crippen LogP contribution in [0.15, 0.2) is 57.7 Å². The van der Waals surface area contributed by atoms with Gasteiger partial charge in [0.25, 0.3) is 0 Å². The first kappa shape index (κ1) is 13.9. The molecule has 0 fully saturated rings. The Hall–Kier alpha value is -3.01. The first-order valence-corrected chi connectivity index (χ1v) is 6.82. The highest BCUT2D eigenvalue weighted by atomic mass is 16.5. The molecular formula is C18H15NO3. The number of methoxy groups -OCH3 is 1. The van der Waals surface area contributed by atoms with E-state index in [4.69, 9.17) is 14.9 Å². The van der Waals surface area contributed by atoms with Crippen LogP contribution in [0.1, 0.15) is 11.1 Å². The van der Waals surface area contributed by atoms with E-state index in [1.807, 2.05) is 42.5 Å². The number of nitrogens with two attached hydrogens (primary N) is 1. The van der Waals surface area contributed by atoms with Crippen molar-refractivity contribution < 1.29 is 9.15 Å². The molecule has 3 aromatic rings. The van der Waals surface area contributed by atoms with Gasteiger partial charge in [-0.2, -0.15) is 0 Å². The van der Waals surface area contributed by atoms with Crippen molar-refractivity contribution in [3.8, 4) is 5.75 Å². The Morgan fingerprint density at radius 2 is 1.86 bits per heavy atom. The Balaban J connectivity index is 2.08. The third kappa shape index (κ3) is 2.72. The van der Waals surface area contributed by atoms with Crippen LogP contribution in [0.4, 0.5) is 5.69 Å². The first-order valence-electron chi connectivity index (χ1n) is 6.82. The minimum atomic E-state index is -0.366. The van der Waals surface area contributed by atoms with E-state index in [1.54, 1.807) is 19.2 Å². The third-order valence-corrected chi connectivity index (χ3v) is 3.37. The van der Waals surface area contributed by atoms with Crippen LogP contribution in [0.2, 0.25) is 0 Å². The molecular weight excluding hydrogens is 278 g/mol. The molecule has 4 nitrogen and oxygen atoms in total. The van der Waals surface area contributed by atoms with Crippen LogP contribution in [0.5, 0.6) is 5.75 Å². The Morgan fingerprint density at radius 3 is 2.68 bits per heavy atom. The largest absolute Gasteiger partial charge is 0.496 e. The van der Waals surface area contributed by atoms with Crippen LogP contribution in [-0.4, -0.2) is 7.11 Å². The Bertz CT molecular complexity index is 910. The third-order valence-electron chi connectivity index (χ3n) is 3.37. The number of ether oxygens (including phenoxy) is 1. The molecule has 0 radical (unpaired) electrons. The highest BCUT2D eigenvalue weighted by Gasteiger charge is 2.03. The number of benzene rings is 2. The van der Waals surface area contributed by atoms with Crippen molar-refractivity contribution in [2.75, 3.05) is 12.8 Å². The fourth-order valence-electron chi connectivity index (χ4n) is 2.31. The Labute approximate surface area is 127 Å². The molecule has 3 rings (SSSR count). The summed E-state index contributed by atoms with van der Waals surface area (Å²) < 4.78 is 10.6. The van der Waals surface area contributed by atoms with E-state index in [2.05, 4.69) is 0 Å². The molecule has 2 N–H and O–H groups in total. The van der Waals surface area contributed by atoms with Crippen molar-refractivity contribution in [2.45, 2.75) is 0 Å². The molecule has 0 atom stereocenters. The summed E-state index contributed by atoms with van der Waals surface area (Å²) in [6, 6.07) is 14.3. The van der Waals surface area contributed by atoms with Crippen LogP contribution in [0, 0.1) is 0 Å². The van der Waals surface area contributed by atoms with Crippen LogP contribution in [-0.2, 0) is 0 Å². The summed E-state index contributed by atoms with van der Waals surface area (Å²) in [5.41, 5.74) is 8.35. The monoisotopic (exact) mass is 293 g/mol. The molecule has 0 spiro atoms. The molecule has 4 heteroatoms. The zero-order valence-electron chi connectivity index (χ0n) is 12.1. The zero-order chi connectivity index (χ0) is 15.5. The second-order valence-electron chi connectivity index (χ2n) is 4.85. The summed E-state index contributed by atoms with van der Waals surface area (Å²) in [7, 11) is 1.61. The van der Waals surface area contributed by atoms with Gasteiger partial charge < -0.3 is 14.9 Å². The van der Waals surface area contributed by atoms with E-state index in [0.717, 1.165) is 22.3 Å². The molecule has 0 aliphatic heterocycles. The predicted molar refractivity (Wildman–Crippen MR) is 88.8 cm³/mol. The Morgan fingerprint density at radius 1 is 1.05 bits per heavy atom. The first-order chi connectivity index (χ1) is 10.7. The average Bonchev–Trinajstić information content (AvgIpc) is 2.53. The zero-order valence-corrected chi connectivity index (χ0v) is 12.1. The SMILES string of the molecule is COc1ccc(N)cc1/C=C/c1cccc2ccc(=O)oc12. The van der Waals surface area contributed by atoms with Gasteiger partial charge in [0.05, 0.1) is 7.11 Å². The maximum atomic E-state index is 11.4. The molecule has 0 aliphatic rings. The van der Waals surface area contributed by atoms with E-state index >= 15 is 0 Å². The molecule has 1 heterocycles. The van der Waals surface area contributed by atoms with E-state index < -0.39 is 0 Å². The van der Waals surface area contributed by atoms with Gasteiger partial charge in [0.1, 0.15) is 11.3 Å². The molecule has 110 valence electrons. The molecule has 0 amide bonds. The number of hydrogen-bond donors (Lipinski definition) is 1. The highest BCUT2D eigenvalue weighted by molar-refractivity contribution is 5.88. The van der Waals surface area contributed by atoms with Crippen LogP contribution in [0.3, 0.4) is 0 Å². The lowest BCUT2D eigenvalue weighted by Gasteiger charge is -2.06. The number of fused-ring (bicyclic) bond motifs is 1. The lowest BCUT2D eigenvalue weighted by Crippen LogP contribution is -1.95. The number of hydrogen-bond acceptors (Lipinski definition) is 4. The minimum Gasteiger partial charge on any atom is -0.496 e. The van der Waals surface area contributed by atoms with E-state index in [1.165, 1.54) is 6.07 Å². The maximum absolute atomic E-state index is 11.4. The van der Waals surface area contributed by atoms with Gasteiger partial charge in [0, 0.05) is 28.3 Å². The van der Waals surface area contributed by atoms with Gasteiger partial charge in [-0.15, -0.1) is 0 Å². The summed E-state index contributed by atoms with van der Waals surface area (Å²) in [5, 5.41) is 0.876. The quantitative estimate of drug-likeness (QED) is 0.455. The number of rotatable bonds is 3. The van der Waals surface area contributed by atoms with Gasteiger partial charge >= 0.3 is 5.63 Å². The standard InChI is InChI=1S/C18H15NO3/c1-21-16-9-8-15(19)11-14(16)6-5-12-3-2-4-13-7-10-17(20)22-18(12)13/h2-11H,19H2,1H3/b6-5+. The lowest BCUT2D eigenvalue weighted by molar-refractivity contribution is 0.414. The summed E-state index contributed by atoms with van der Waals surface area (Å²) in [4.78, 5) is 11.4. The molecule has 0 saturated heterocycles. The highest BCUT2D eigenvalue weighted by Crippen LogP contribution is 2.25. The summed E-state index contributed by atoms with van der Waals surface area (Å²) in [5.74, 6) is 0.729. The van der Waals surface area contributed by atoms with E-state index in [-0.39, 0.29) is 5.63 Å². The van der Waals surface area contributed by atoms with Gasteiger partial charge in [0.15, 0.2) is 0 Å². The lowest BCUT2D eigenvalue weighted by atomic mass is 10.1. The van der Waals surface area contributed by atoms with Gasteiger partial charge in [-0.25, -0.2) is 4.79 Å². The van der Waals surface area contributed by atoms with Crippen LogP contribution < -0.4 is 16.1 Å². The molecule has 0 unspecified atom stereocenters. The predicted octanol–water partition coefficient (Wildman–Crippen LogP) is 3.55. The fourth-order valence-corrected chi connectivity index (χ4v) is 2.31. The number of anilines is 1. The minimum absolute atomic E-state index is 0.366. The molecule has 0 aliphatic carbocycles. The van der Waals surface area contributed by atoms with Crippen LogP contribution in [0.25, 0.3) is 23.1 Å². The van der Waals surface area contributed by atoms with E-state index in [9.17, 15) is 4.79 Å². The maximum Gasteiger partial charge on any atom is 0.336 e. The Kier molecular flexibility index (Phi) is 3.66. The van der Waals surface area contributed by atoms with Gasteiger partial charge in [-0.05, 0) is 24.3 Å². The molecule has 0 bridgehead atoms. The molecule has 1 aromatic heterocycles. The van der Waals surface area contributed by atoms with Crippen molar-refractivity contribution in [3.05, 3.63) is 70.1 Å². The van der Waals surface area contributed by atoms with Gasteiger partial charge in [-0.1, -0.05) is 30.4 Å². The summed E-state index contributed by atoms with van der Waals surface area (Å²) in [6.07, 6.45) is 3.76. The number of para-hydroxylation sites is 1.